The molecule has 0 spiro atoms. The molecule has 3 aromatic rings. The molecule has 0 heterocycles. The van der Waals surface area contributed by atoms with Crippen molar-refractivity contribution in [1.29, 1.82) is 0 Å². The smallest absolute Gasteiger partial charge is 0.131 e. The largest absolute Gasteiger partial charge is 0.489 e. The van der Waals surface area contributed by atoms with Gasteiger partial charge in [0.25, 0.3) is 0 Å². The lowest BCUT2D eigenvalue weighted by molar-refractivity contribution is 0.181. The number of aliphatic hydroxyl groups excluding tert-OH is 1. The van der Waals surface area contributed by atoms with Gasteiger partial charge in [0.05, 0.1) is 6.61 Å². The molecule has 4 nitrogen and oxygen atoms in total. The topological polar surface area (TPSA) is 64.7 Å². The van der Waals surface area contributed by atoms with Crippen LogP contribution in [0, 0.1) is 0 Å². The summed E-state index contributed by atoms with van der Waals surface area (Å²) < 4.78 is 11.9. The van der Waals surface area contributed by atoms with Gasteiger partial charge in [-0.2, -0.15) is 0 Å². The lowest BCUT2D eigenvalue weighted by atomic mass is 9.79. The summed E-state index contributed by atoms with van der Waals surface area (Å²) in [5.74, 6) is 2.25. The standard InChI is InChI=1S/C24H25NO3.ClH/c25-24(17-26)12-11-19-9-10-23(13-20(19)15-24)28-22-8-4-7-21(14-22)27-16-18-5-2-1-3-6-18;/h1-10,13-14,26H,11-12,15-17,25H2;1H. The van der Waals surface area contributed by atoms with E-state index < -0.39 is 5.54 Å². The van der Waals surface area contributed by atoms with Gasteiger partial charge < -0.3 is 20.3 Å². The van der Waals surface area contributed by atoms with Gasteiger partial charge in [0, 0.05) is 11.6 Å². The molecule has 1 aliphatic rings. The molecule has 152 valence electrons. The van der Waals surface area contributed by atoms with E-state index in [4.69, 9.17) is 15.2 Å². The molecular weight excluding hydrogens is 386 g/mol. The van der Waals surface area contributed by atoms with Crippen molar-refractivity contribution in [1.82, 2.24) is 0 Å². The van der Waals surface area contributed by atoms with Gasteiger partial charge in [-0.15, -0.1) is 12.4 Å². The highest BCUT2D eigenvalue weighted by Crippen LogP contribution is 2.32. The van der Waals surface area contributed by atoms with Crippen LogP contribution in [0.4, 0.5) is 0 Å². The predicted molar refractivity (Wildman–Crippen MR) is 117 cm³/mol. The number of aryl methyl sites for hydroxylation is 1. The number of nitrogens with two attached hydrogens (primary N) is 1. The summed E-state index contributed by atoms with van der Waals surface area (Å²) in [7, 11) is 0. The quantitative estimate of drug-likeness (QED) is 0.619. The second-order valence-electron chi connectivity index (χ2n) is 7.48. The van der Waals surface area contributed by atoms with Crippen LogP contribution in [0.5, 0.6) is 17.2 Å². The fraction of sp³-hybridized carbons (Fsp3) is 0.250. The Kier molecular flexibility index (Phi) is 6.80. The second-order valence-corrected chi connectivity index (χ2v) is 7.48. The third-order valence-electron chi connectivity index (χ3n) is 5.22. The van der Waals surface area contributed by atoms with E-state index in [2.05, 4.69) is 6.07 Å². The number of ether oxygens (including phenoxy) is 2. The molecule has 0 saturated carbocycles. The molecular formula is C24H26ClNO3. The molecule has 0 amide bonds. The molecule has 0 saturated heterocycles. The fourth-order valence-electron chi connectivity index (χ4n) is 3.56. The maximum absolute atomic E-state index is 9.57. The minimum atomic E-state index is -0.531. The van der Waals surface area contributed by atoms with Crippen LogP contribution in [0.15, 0.2) is 72.8 Å². The Hall–Kier alpha value is -2.53. The lowest BCUT2D eigenvalue weighted by Gasteiger charge is -2.33. The van der Waals surface area contributed by atoms with Gasteiger partial charge >= 0.3 is 0 Å². The highest BCUT2D eigenvalue weighted by atomic mass is 35.5. The number of halogens is 1. The molecule has 1 aliphatic carbocycles. The van der Waals surface area contributed by atoms with Gasteiger partial charge in [-0.05, 0) is 60.2 Å². The summed E-state index contributed by atoms with van der Waals surface area (Å²) in [6, 6.07) is 23.8. The number of benzene rings is 3. The monoisotopic (exact) mass is 411 g/mol. The molecule has 0 bridgehead atoms. The van der Waals surface area contributed by atoms with Crippen molar-refractivity contribution in [2.45, 2.75) is 31.4 Å². The molecule has 0 radical (unpaired) electrons. The summed E-state index contributed by atoms with van der Waals surface area (Å²) in [4.78, 5) is 0. The molecule has 5 heteroatoms. The first kappa shape index (κ1) is 21.2. The zero-order valence-electron chi connectivity index (χ0n) is 16.2. The number of rotatable bonds is 6. The summed E-state index contributed by atoms with van der Waals surface area (Å²) >= 11 is 0. The normalized spacial score (nSPS) is 17.7. The van der Waals surface area contributed by atoms with Crippen LogP contribution < -0.4 is 15.2 Å². The van der Waals surface area contributed by atoms with E-state index in [0.29, 0.717) is 13.0 Å². The molecule has 4 rings (SSSR count). The van der Waals surface area contributed by atoms with Crippen molar-refractivity contribution in [3.05, 3.63) is 89.5 Å². The predicted octanol–water partition coefficient (Wildman–Crippen LogP) is 4.66. The van der Waals surface area contributed by atoms with Crippen molar-refractivity contribution in [2.24, 2.45) is 5.73 Å². The summed E-state index contributed by atoms with van der Waals surface area (Å²) in [6.07, 6.45) is 2.35. The first-order valence-corrected chi connectivity index (χ1v) is 9.60. The highest BCUT2D eigenvalue weighted by Gasteiger charge is 2.29. The Balaban J connectivity index is 0.00000240. The van der Waals surface area contributed by atoms with Crippen LogP contribution in [-0.2, 0) is 19.4 Å². The first-order chi connectivity index (χ1) is 13.6. The Labute approximate surface area is 177 Å². The summed E-state index contributed by atoms with van der Waals surface area (Å²) in [5, 5.41) is 9.57. The van der Waals surface area contributed by atoms with E-state index in [1.165, 1.54) is 5.56 Å². The van der Waals surface area contributed by atoms with Gasteiger partial charge in [-0.1, -0.05) is 42.5 Å². The summed E-state index contributed by atoms with van der Waals surface area (Å²) in [5.41, 5.74) is 9.29. The van der Waals surface area contributed by atoms with E-state index in [1.807, 2.05) is 66.7 Å². The van der Waals surface area contributed by atoms with Crippen LogP contribution in [0.1, 0.15) is 23.1 Å². The number of hydrogen-bond acceptors (Lipinski definition) is 4. The van der Waals surface area contributed by atoms with Crippen LogP contribution in [0.2, 0.25) is 0 Å². The van der Waals surface area contributed by atoms with Crippen molar-refractivity contribution in [2.75, 3.05) is 6.61 Å². The molecule has 3 N–H and O–H groups in total. The number of aliphatic hydroxyl groups is 1. The van der Waals surface area contributed by atoms with Gasteiger partial charge in [-0.3, -0.25) is 0 Å². The minimum Gasteiger partial charge on any atom is -0.489 e. The average Bonchev–Trinajstić information content (AvgIpc) is 2.73. The SMILES string of the molecule is Cl.NC1(CO)CCc2ccc(Oc3cccc(OCc4ccccc4)c3)cc2C1. The van der Waals surface area contributed by atoms with Gasteiger partial charge in [0.2, 0.25) is 0 Å². The highest BCUT2D eigenvalue weighted by molar-refractivity contribution is 5.85. The van der Waals surface area contributed by atoms with E-state index in [1.54, 1.807) is 0 Å². The molecule has 1 atom stereocenters. The average molecular weight is 412 g/mol. The van der Waals surface area contributed by atoms with E-state index in [9.17, 15) is 5.11 Å². The zero-order valence-corrected chi connectivity index (χ0v) is 17.0. The Morgan fingerprint density at radius 1 is 0.862 bits per heavy atom. The Bertz CT molecular complexity index is 948. The Morgan fingerprint density at radius 3 is 2.41 bits per heavy atom. The van der Waals surface area contributed by atoms with Crippen molar-refractivity contribution < 1.29 is 14.6 Å². The van der Waals surface area contributed by atoms with E-state index in [-0.39, 0.29) is 19.0 Å². The van der Waals surface area contributed by atoms with E-state index in [0.717, 1.165) is 41.2 Å². The van der Waals surface area contributed by atoms with Crippen LogP contribution in [-0.4, -0.2) is 17.3 Å². The molecule has 1 unspecified atom stereocenters. The number of fused-ring (bicyclic) bond motifs is 1. The van der Waals surface area contributed by atoms with Crippen LogP contribution in [0.3, 0.4) is 0 Å². The van der Waals surface area contributed by atoms with Gasteiger partial charge in [0.1, 0.15) is 23.9 Å². The fourth-order valence-corrected chi connectivity index (χ4v) is 3.56. The lowest BCUT2D eigenvalue weighted by Crippen LogP contribution is -2.48. The minimum absolute atomic E-state index is 0. The van der Waals surface area contributed by atoms with Crippen molar-refractivity contribution in [3.8, 4) is 17.2 Å². The molecule has 29 heavy (non-hydrogen) atoms. The zero-order chi connectivity index (χ0) is 19.4. The Morgan fingerprint density at radius 2 is 1.62 bits per heavy atom. The number of hydrogen-bond donors (Lipinski definition) is 2. The molecule has 0 fully saturated rings. The van der Waals surface area contributed by atoms with Gasteiger partial charge in [0.15, 0.2) is 0 Å². The van der Waals surface area contributed by atoms with E-state index >= 15 is 0 Å². The summed E-state index contributed by atoms with van der Waals surface area (Å²) in [6.45, 7) is 0.515. The maximum atomic E-state index is 9.57. The van der Waals surface area contributed by atoms with Crippen LogP contribution >= 0.6 is 12.4 Å². The molecule has 3 aromatic carbocycles. The van der Waals surface area contributed by atoms with Crippen molar-refractivity contribution >= 4 is 12.4 Å². The third-order valence-corrected chi connectivity index (χ3v) is 5.22. The first-order valence-electron chi connectivity index (χ1n) is 9.60. The van der Waals surface area contributed by atoms with Crippen molar-refractivity contribution in [3.63, 3.8) is 0 Å². The van der Waals surface area contributed by atoms with Crippen LogP contribution in [0.25, 0.3) is 0 Å². The molecule has 0 aromatic heterocycles. The van der Waals surface area contributed by atoms with Gasteiger partial charge in [-0.25, -0.2) is 0 Å². The maximum Gasteiger partial charge on any atom is 0.131 e. The second kappa shape index (κ2) is 9.31. The third kappa shape index (κ3) is 5.30. The molecule has 0 aliphatic heterocycles.